The molecule has 3 aromatic rings. The Morgan fingerprint density at radius 2 is 1.83 bits per heavy atom. The second-order valence-corrected chi connectivity index (χ2v) is 9.26. The quantitative estimate of drug-likeness (QED) is 0.417. The van der Waals surface area contributed by atoms with Gasteiger partial charge in [0.05, 0.1) is 26.4 Å². The van der Waals surface area contributed by atoms with Crippen LogP contribution >= 0.6 is 50.7 Å². The number of nitrogens with one attached hydrogen (secondary N) is 1. The lowest BCUT2D eigenvalue weighted by Crippen LogP contribution is -2.14. The molecule has 0 aliphatic carbocycles. The molecule has 1 N–H and O–H groups in total. The van der Waals surface area contributed by atoms with Crippen LogP contribution in [0.2, 0.25) is 15.1 Å². The van der Waals surface area contributed by atoms with Gasteiger partial charge in [0, 0.05) is 17.3 Å². The van der Waals surface area contributed by atoms with Gasteiger partial charge in [-0.15, -0.1) is 0 Å². The van der Waals surface area contributed by atoms with Crippen molar-refractivity contribution in [3.05, 3.63) is 73.9 Å². The first-order chi connectivity index (χ1) is 13.7. The van der Waals surface area contributed by atoms with Crippen molar-refractivity contribution in [1.82, 2.24) is 4.98 Å². The van der Waals surface area contributed by atoms with E-state index in [-0.39, 0.29) is 31.4 Å². The number of aromatic nitrogens is 1. The lowest BCUT2D eigenvalue weighted by atomic mass is 10.2. The number of anilines is 1. The summed E-state index contributed by atoms with van der Waals surface area (Å²) in [5.41, 5.74) is 0.205. The molecule has 0 aliphatic heterocycles. The first-order valence-electron chi connectivity index (χ1n) is 7.70. The number of benzene rings is 2. The zero-order chi connectivity index (χ0) is 21.2. The van der Waals surface area contributed by atoms with E-state index in [9.17, 15) is 13.7 Å². The molecule has 0 bridgehead atoms. The predicted molar refractivity (Wildman–Crippen MR) is 115 cm³/mol. The third kappa shape index (κ3) is 4.94. The van der Waals surface area contributed by atoms with Gasteiger partial charge in [-0.25, -0.2) is 8.42 Å². The van der Waals surface area contributed by atoms with Crippen LogP contribution in [0.3, 0.4) is 0 Å². The summed E-state index contributed by atoms with van der Waals surface area (Å²) in [6, 6.07) is 10.4. The molecule has 0 amide bonds. The van der Waals surface area contributed by atoms with Crippen molar-refractivity contribution >= 4 is 66.4 Å². The van der Waals surface area contributed by atoms with Crippen LogP contribution in [-0.2, 0) is 10.0 Å². The van der Waals surface area contributed by atoms with Crippen molar-refractivity contribution in [3.8, 4) is 17.6 Å². The third-order valence-corrected chi connectivity index (χ3v) is 6.66. The molecule has 148 valence electrons. The van der Waals surface area contributed by atoms with Crippen molar-refractivity contribution in [2.45, 2.75) is 4.90 Å². The van der Waals surface area contributed by atoms with E-state index in [1.54, 1.807) is 0 Å². The summed E-state index contributed by atoms with van der Waals surface area (Å²) < 4.78 is 33.6. The molecule has 0 spiro atoms. The van der Waals surface area contributed by atoms with Crippen molar-refractivity contribution in [2.24, 2.45) is 0 Å². The summed E-state index contributed by atoms with van der Waals surface area (Å²) in [5, 5.41) is 10.2. The zero-order valence-electron chi connectivity index (χ0n) is 14.2. The number of halogens is 4. The second kappa shape index (κ2) is 8.78. The summed E-state index contributed by atoms with van der Waals surface area (Å²) in [6.07, 6.45) is 2.87. The molecule has 0 saturated heterocycles. The van der Waals surface area contributed by atoms with Crippen LogP contribution in [-0.4, -0.2) is 13.4 Å². The largest absolute Gasteiger partial charge is 0.454 e. The van der Waals surface area contributed by atoms with E-state index >= 15 is 0 Å². The number of sulfonamides is 1. The monoisotopic (exact) mass is 531 g/mol. The number of rotatable bonds is 5. The van der Waals surface area contributed by atoms with Crippen LogP contribution in [0.15, 0.2) is 58.2 Å². The number of hydrogen-bond acceptors (Lipinski definition) is 5. The Hall–Kier alpha value is -2.02. The second-order valence-electron chi connectivity index (χ2n) is 5.53. The van der Waals surface area contributed by atoms with Crippen LogP contribution in [0.25, 0.3) is 0 Å². The number of nitrogens with zero attached hydrogens (tertiary/aromatic N) is 2. The number of ether oxygens (including phenoxy) is 1. The third-order valence-electron chi connectivity index (χ3n) is 3.55. The zero-order valence-corrected chi connectivity index (χ0v) is 18.8. The highest BCUT2D eigenvalue weighted by Gasteiger charge is 2.22. The van der Waals surface area contributed by atoms with E-state index in [1.165, 1.54) is 48.8 Å². The maximum Gasteiger partial charge on any atom is 0.263 e. The fourth-order valence-electron chi connectivity index (χ4n) is 2.29. The van der Waals surface area contributed by atoms with Gasteiger partial charge in [-0.3, -0.25) is 9.71 Å². The molecule has 1 aromatic heterocycles. The smallest absolute Gasteiger partial charge is 0.263 e. The summed E-state index contributed by atoms with van der Waals surface area (Å²) in [4.78, 5) is 3.75. The van der Waals surface area contributed by atoms with Crippen molar-refractivity contribution < 1.29 is 13.2 Å². The van der Waals surface area contributed by atoms with Gasteiger partial charge in [-0.1, -0.05) is 34.8 Å². The maximum atomic E-state index is 12.7. The summed E-state index contributed by atoms with van der Waals surface area (Å²) in [7, 11) is -4.03. The molecule has 2 aromatic carbocycles. The Morgan fingerprint density at radius 3 is 2.48 bits per heavy atom. The Bertz CT molecular complexity index is 1250. The van der Waals surface area contributed by atoms with Gasteiger partial charge in [-0.2, -0.15) is 5.26 Å². The van der Waals surface area contributed by atoms with Crippen molar-refractivity contribution in [1.29, 1.82) is 5.26 Å². The lowest BCUT2D eigenvalue weighted by Gasteiger charge is -2.14. The normalized spacial score (nSPS) is 11.0. The highest BCUT2D eigenvalue weighted by atomic mass is 79.9. The molecule has 1 heterocycles. The maximum absolute atomic E-state index is 12.7. The first-order valence-corrected chi connectivity index (χ1v) is 11.1. The average Bonchev–Trinajstić information content (AvgIpc) is 2.64. The molecule has 0 atom stereocenters. The van der Waals surface area contributed by atoms with E-state index in [1.807, 2.05) is 6.07 Å². The van der Waals surface area contributed by atoms with E-state index in [2.05, 4.69) is 25.6 Å². The molecule has 29 heavy (non-hydrogen) atoms. The summed E-state index contributed by atoms with van der Waals surface area (Å²) in [6.45, 7) is 0. The predicted octanol–water partition coefficient (Wildman–Crippen LogP) is 6.27. The number of pyridine rings is 1. The molecule has 0 radical (unpaired) electrons. The van der Waals surface area contributed by atoms with Gasteiger partial charge in [0.1, 0.15) is 28.0 Å². The minimum absolute atomic E-state index is 0.0324. The van der Waals surface area contributed by atoms with Gasteiger partial charge in [0.2, 0.25) is 0 Å². The minimum Gasteiger partial charge on any atom is -0.454 e. The highest BCUT2D eigenvalue weighted by Crippen LogP contribution is 2.37. The molecular weight excluding hydrogens is 525 g/mol. The van der Waals surface area contributed by atoms with Crippen LogP contribution in [0.4, 0.5) is 5.69 Å². The highest BCUT2D eigenvalue weighted by molar-refractivity contribution is 9.10. The van der Waals surface area contributed by atoms with Crippen molar-refractivity contribution in [3.63, 3.8) is 0 Å². The molecule has 6 nitrogen and oxygen atoms in total. The molecule has 0 aliphatic rings. The van der Waals surface area contributed by atoms with Crippen LogP contribution in [0.5, 0.6) is 11.5 Å². The molecule has 11 heteroatoms. The molecule has 0 unspecified atom stereocenters. The molecule has 3 rings (SSSR count). The first kappa shape index (κ1) is 21.7. The molecular formula is C18H9BrCl3N3O3S. The van der Waals surface area contributed by atoms with Gasteiger partial charge in [0.25, 0.3) is 10.0 Å². The van der Waals surface area contributed by atoms with Crippen molar-refractivity contribution in [2.75, 3.05) is 4.72 Å². The average molecular weight is 534 g/mol. The minimum atomic E-state index is -4.03. The fourth-order valence-corrected chi connectivity index (χ4v) is 4.95. The summed E-state index contributed by atoms with van der Waals surface area (Å²) in [5.74, 6) is 0.512. The molecule has 0 saturated carbocycles. The van der Waals surface area contributed by atoms with Crippen LogP contribution in [0, 0.1) is 11.3 Å². The van der Waals surface area contributed by atoms with E-state index in [0.29, 0.717) is 15.8 Å². The topological polar surface area (TPSA) is 92.1 Å². The van der Waals surface area contributed by atoms with Gasteiger partial charge < -0.3 is 4.74 Å². The lowest BCUT2D eigenvalue weighted by molar-refractivity contribution is 0.478. The Morgan fingerprint density at radius 1 is 1.07 bits per heavy atom. The Kier molecular flexibility index (Phi) is 6.56. The standard InChI is InChI=1S/C18H9BrCl3N3O3S/c19-18-13(7-23)16(28-12-5-11(21)8-24-9-12)3-2-15(18)25-29(26,27)17-4-1-10(20)6-14(17)22/h1-6,8-9,25H. The van der Waals surface area contributed by atoms with Gasteiger partial charge in [0.15, 0.2) is 0 Å². The molecule has 0 fully saturated rings. The fraction of sp³-hybridized carbons (Fsp3) is 0. The SMILES string of the molecule is N#Cc1c(Oc2cncc(Cl)c2)ccc(NS(=O)(=O)c2ccc(Cl)cc2Cl)c1Br. The van der Waals surface area contributed by atoms with Crippen LogP contribution < -0.4 is 9.46 Å². The van der Waals surface area contributed by atoms with Gasteiger partial charge >= 0.3 is 0 Å². The van der Waals surface area contributed by atoms with Gasteiger partial charge in [-0.05, 0) is 46.3 Å². The Labute approximate surface area is 190 Å². The number of hydrogen-bond donors (Lipinski definition) is 1. The van der Waals surface area contributed by atoms with E-state index < -0.39 is 10.0 Å². The van der Waals surface area contributed by atoms with E-state index in [0.717, 1.165) is 0 Å². The summed E-state index contributed by atoms with van der Waals surface area (Å²) >= 11 is 21.0. The van der Waals surface area contributed by atoms with E-state index in [4.69, 9.17) is 39.5 Å². The Balaban J connectivity index is 1.96. The van der Waals surface area contributed by atoms with Crippen LogP contribution in [0.1, 0.15) is 5.56 Å². The number of nitriles is 1.